The maximum absolute atomic E-state index is 12.1. The van der Waals surface area contributed by atoms with Crippen molar-refractivity contribution in [1.29, 1.82) is 0 Å². The van der Waals surface area contributed by atoms with Crippen LogP contribution in [0, 0.1) is 34.5 Å². The van der Waals surface area contributed by atoms with E-state index in [1.807, 2.05) is 19.9 Å². The quantitative estimate of drug-likeness (QED) is 0.437. The highest BCUT2D eigenvalue weighted by Crippen LogP contribution is 2.25. The van der Waals surface area contributed by atoms with Gasteiger partial charge in [0.2, 0.25) is 0 Å². The summed E-state index contributed by atoms with van der Waals surface area (Å²) in [6.45, 7) is 5.53. The first-order valence-electron chi connectivity index (χ1n) is 6.78. The van der Waals surface area contributed by atoms with Crippen molar-refractivity contribution in [3.63, 3.8) is 0 Å². The first-order chi connectivity index (χ1) is 10.8. The van der Waals surface area contributed by atoms with Crippen LogP contribution in [0.5, 0.6) is 5.75 Å². The second kappa shape index (κ2) is 6.95. The number of carbonyl (C=O) groups excluding carboxylic acids is 1. The Balaban J connectivity index is 2.19. The first kappa shape index (κ1) is 17.2. The van der Waals surface area contributed by atoms with Crippen LogP contribution >= 0.6 is 22.6 Å². The summed E-state index contributed by atoms with van der Waals surface area (Å²) in [6.07, 6.45) is -0.683. The summed E-state index contributed by atoms with van der Waals surface area (Å²) in [7, 11) is 0. The zero-order chi connectivity index (χ0) is 17.1. The van der Waals surface area contributed by atoms with Gasteiger partial charge in [-0.15, -0.1) is 0 Å². The SMILES string of the molecule is Cc1cc(OC(=O)Nc2cc([N+](=O)[O-])ccc2C)c(C)cc1I. The van der Waals surface area contributed by atoms with E-state index in [9.17, 15) is 14.9 Å². The molecule has 0 spiro atoms. The van der Waals surface area contributed by atoms with Gasteiger partial charge in [0.1, 0.15) is 5.75 Å². The number of nitro benzene ring substituents is 1. The van der Waals surface area contributed by atoms with Crippen molar-refractivity contribution in [3.8, 4) is 5.75 Å². The molecule has 120 valence electrons. The van der Waals surface area contributed by atoms with Gasteiger partial charge in [-0.3, -0.25) is 15.4 Å². The zero-order valence-electron chi connectivity index (χ0n) is 12.8. The predicted molar refractivity (Wildman–Crippen MR) is 96.1 cm³/mol. The van der Waals surface area contributed by atoms with Gasteiger partial charge in [-0.05, 0) is 72.2 Å². The topological polar surface area (TPSA) is 81.5 Å². The molecule has 0 bridgehead atoms. The number of anilines is 1. The van der Waals surface area contributed by atoms with Crippen molar-refractivity contribution in [3.05, 3.63) is 60.7 Å². The van der Waals surface area contributed by atoms with Gasteiger partial charge in [0.05, 0.1) is 10.6 Å². The molecule has 0 fully saturated rings. The lowest BCUT2D eigenvalue weighted by Crippen LogP contribution is -2.18. The number of hydrogen-bond acceptors (Lipinski definition) is 4. The van der Waals surface area contributed by atoms with Crippen LogP contribution in [0.4, 0.5) is 16.2 Å². The molecule has 0 heterocycles. The molecule has 0 aliphatic heterocycles. The van der Waals surface area contributed by atoms with Crippen molar-refractivity contribution in [1.82, 2.24) is 0 Å². The second-order valence-corrected chi connectivity index (χ2v) is 6.30. The molecule has 1 amide bonds. The van der Waals surface area contributed by atoms with Gasteiger partial charge in [-0.2, -0.15) is 0 Å². The number of halogens is 1. The molecule has 2 aromatic carbocycles. The number of carbonyl (C=O) groups is 1. The number of ether oxygens (including phenoxy) is 1. The van der Waals surface area contributed by atoms with Gasteiger partial charge in [0, 0.05) is 15.7 Å². The lowest BCUT2D eigenvalue weighted by atomic mass is 10.1. The van der Waals surface area contributed by atoms with Crippen molar-refractivity contribution in [2.75, 3.05) is 5.32 Å². The molecule has 7 heteroatoms. The second-order valence-electron chi connectivity index (χ2n) is 5.14. The highest BCUT2D eigenvalue weighted by molar-refractivity contribution is 14.1. The fourth-order valence-electron chi connectivity index (χ4n) is 1.96. The van der Waals surface area contributed by atoms with Gasteiger partial charge >= 0.3 is 6.09 Å². The molecular weight excluding hydrogens is 411 g/mol. The maximum Gasteiger partial charge on any atom is 0.417 e. The van der Waals surface area contributed by atoms with Crippen LogP contribution in [-0.2, 0) is 0 Å². The van der Waals surface area contributed by atoms with Crippen molar-refractivity contribution in [2.45, 2.75) is 20.8 Å². The van der Waals surface area contributed by atoms with Gasteiger partial charge in [-0.1, -0.05) is 6.07 Å². The average molecular weight is 426 g/mol. The van der Waals surface area contributed by atoms with Crippen molar-refractivity contribution >= 4 is 40.1 Å². The summed E-state index contributed by atoms with van der Waals surface area (Å²) >= 11 is 2.21. The minimum absolute atomic E-state index is 0.0906. The largest absolute Gasteiger partial charge is 0.417 e. The first-order valence-corrected chi connectivity index (χ1v) is 7.86. The Morgan fingerprint density at radius 3 is 2.48 bits per heavy atom. The number of nitrogens with one attached hydrogen (secondary N) is 1. The summed E-state index contributed by atoms with van der Waals surface area (Å²) < 4.78 is 6.40. The fourth-order valence-corrected chi connectivity index (χ4v) is 2.58. The molecule has 1 N–H and O–H groups in total. The Labute approximate surface area is 147 Å². The van der Waals surface area contributed by atoms with E-state index in [1.165, 1.54) is 12.1 Å². The Morgan fingerprint density at radius 1 is 1.13 bits per heavy atom. The third-order valence-electron chi connectivity index (χ3n) is 3.33. The average Bonchev–Trinajstić information content (AvgIpc) is 2.46. The Bertz CT molecular complexity index is 790. The zero-order valence-corrected chi connectivity index (χ0v) is 15.0. The van der Waals surface area contributed by atoms with Crippen LogP contribution in [-0.4, -0.2) is 11.0 Å². The minimum Gasteiger partial charge on any atom is -0.410 e. The number of benzene rings is 2. The van der Waals surface area contributed by atoms with E-state index in [-0.39, 0.29) is 5.69 Å². The Morgan fingerprint density at radius 2 is 1.83 bits per heavy atom. The monoisotopic (exact) mass is 426 g/mol. The summed E-state index contributed by atoms with van der Waals surface area (Å²) in [6, 6.07) is 7.99. The highest BCUT2D eigenvalue weighted by Gasteiger charge is 2.13. The molecule has 2 rings (SSSR count). The summed E-state index contributed by atoms with van der Waals surface area (Å²) in [4.78, 5) is 22.4. The van der Waals surface area contributed by atoms with Crippen molar-refractivity contribution < 1.29 is 14.5 Å². The molecule has 0 aromatic heterocycles. The van der Waals surface area contributed by atoms with E-state index >= 15 is 0 Å². The lowest BCUT2D eigenvalue weighted by molar-refractivity contribution is -0.384. The highest BCUT2D eigenvalue weighted by atomic mass is 127. The molecular formula is C16H15IN2O4. The molecule has 0 saturated heterocycles. The van der Waals surface area contributed by atoms with Crippen LogP contribution < -0.4 is 10.1 Å². The number of amides is 1. The van der Waals surface area contributed by atoms with Crippen LogP contribution in [0.1, 0.15) is 16.7 Å². The maximum atomic E-state index is 12.1. The normalized spacial score (nSPS) is 10.3. The molecule has 0 atom stereocenters. The summed E-state index contributed by atoms with van der Waals surface area (Å²) in [5, 5.41) is 13.4. The molecule has 23 heavy (non-hydrogen) atoms. The Kier molecular flexibility index (Phi) is 5.19. The van der Waals surface area contributed by atoms with E-state index < -0.39 is 11.0 Å². The van der Waals surface area contributed by atoms with Gasteiger partial charge in [-0.25, -0.2) is 4.79 Å². The van der Waals surface area contributed by atoms with Crippen LogP contribution in [0.2, 0.25) is 0 Å². The van der Waals surface area contributed by atoms with Gasteiger partial charge < -0.3 is 4.74 Å². The number of nitrogens with zero attached hydrogens (tertiary/aromatic N) is 1. The molecule has 0 aliphatic rings. The smallest absolute Gasteiger partial charge is 0.410 e. The number of rotatable bonds is 3. The van der Waals surface area contributed by atoms with Crippen LogP contribution in [0.15, 0.2) is 30.3 Å². The van der Waals surface area contributed by atoms with Crippen molar-refractivity contribution in [2.24, 2.45) is 0 Å². The van der Waals surface area contributed by atoms with E-state index in [2.05, 4.69) is 27.9 Å². The molecule has 0 aliphatic carbocycles. The third kappa shape index (κ3) is 4.19. The van der Waals surface area contributed by atoms with E-state index in [0.29, 0.717) is 17.0 Å². The third-order valence-corrected chi connectivity index (χ3v) is 4.49. The van der Waals surface area contributed by atoms with E-state index in [1.54, 1.807) is 19.1 Å². The standard InChI is InChI=1S/C16H15IN2O4/c1-9-4-5-12(19(21)22)8-14(9)18-16(20)23-15-7-10(2)13(17)6-11(15)3/h4-8H,1-3H3,(H,18,20). The molecule has 6 nitrogen and oxygen atoms in total. The van der Waals surface area contributed by atoms with E-state index in [0.717, 1.165) is 14.7 Å². The van der Waals surface area contributed by atoms with E-state index in [4.69, 9.17) is 4.74 Å². The van der Waals surface area contributed by atoms with Crippen LogP contribution in [0.25, 0.3) is 0 Å². The number of nitro groups is 1. The van der Waals surface area contributed by atoms with Gasteiger partial charge in [0.15, 0.2) is 0 Å². The van der Waals surface area contributed by atoms with Gasteiger partial charge in [0.25, 0.3) is 5.69 Å². The number of aryl methyl sites for hydroxylation is 3. The summed E-state index contributed by atoms with van der Waals surface area (Å²) in [5.41, 5.74) is 2.82. The molecule has 2 aromatic rings. The predicted octanol–water partition coefficient (Wildman–Crippen LogP) is 4.74. The Hall–Kier alpha value is -2.16. The fraction of sp³-hybridized carbons (Fsp3) is 0.188. The molecule has 0 unspecified atom stereocenters. The molecule has 0 radical (unpaired) electrons. The lowest BCUT2D eigenvalue weighted by Gasteiger charge is -2.12. The number of hydrogen-bond donors (Lipinski definition) is 1. The summed E-state index contributed by atoms with van der Waals surface area (Å²) in [5.74, 6) is 0.462. The number of non-ortho nitro benzene ring substituents is 1. The van der Waals surface area contributed by atoms with Crippen LogP contribution in [0.3, 0.4) is 0 Å². The molecule has 0 saturated carbocycles. The minimum atomic E-state index is -0.683.